The first-order valence-electron chi connectivity index (χ1n) is 4.10. The monoisotopic (exact) mass is 380 g/mol. The SMILES string of the molecule is O=S(=O)(O)C(F)(F)COc1cccc(O)c1I. The lowest BCUT2D eigenvalue weighted by molar-refractivity contribution is 0.0284. The molecule has 0 aliphatic carbocycles. The van der Waals surface area contributed by atoms with Crippen molar-refractivity contribution < 1.29 is 31.6 Å². The van der Waals surface area contributed by atoms with E-state index in [1.54, 1.807) is 22.6 Å². The van der Waals surface area contributed by atoms with Gasteiger partial charge in [-0.3, -0.25) is 4.55 Å². The molecule has 0 spiro atoms. The van der Waals surface area contributed by atoms with Gasteiger partial charge in [-0.1, -0.05) is 6.07 Å². The number of ether oxygens (including phenoxy) is 1. The second-order valence-corrected chi connectivity index (χ2v) is 5.62. The molecule has 0 aromatic heterocycles. The van der Waals surface area contributed by atoms with E-state index in [-0.39, 0.29) is 15.1 Å². The highest BCUT2D eigenvalue weighted by molar-refractivity contribution is 14.1. The van der Waals surface area contributed by atoms with Crippen molar-refractivity contribution in [3.63, 3.8) is 0 Å². The van der Waals surface area contributed by atoms with Crippen LogP contribution in [0, 0.1) is 3.57 Å². The molecule has 96 valence electrons. The highest BCUT2D eigenvalue weighted by Gasteiger charge is 2.45. The molecular formula is C8H7F2IO5S. The van der Waals surface area contributed by atoms with Gasteiger partial charge >= 0.3 is 15.4 Å². The Labute approximate surface area is 109 Å². The van der Waals surface area contributed by atoms with E-state index < -0.39 is 22.0 Å². The Hall–Kier alpha value is -0.680. The Morgan fingerprint density at radius 1 is 1.41 bits per heavy atom. The molecule has 0 bridgehead atoms. The molecule has 1 rings (SSSR count). The molecule has 9 heteroatoms. The normalized spacial score (nSPS) is 12.5. The second kappa shape index (κ2) is 4.90. The van der Waals surface area contributed by atoms with Crippen LogP contribution in [0.2, 0.25) is 0 Å². The van der Waals surface area contributed by atoms with Crippen molar-refractivity contribution in [2.45, 2.75) is 5.25 Å². The quantitative estimate of drug-likeness (QED) is 0.616. The van der Waals surface area contributed by atoms with Crippen molar-refractivity contribution in [1.29, 1.82) is 0 Å². The van der Waals surface area contributed by atoms with Crippen molar-refractivity contribution in [2.24, 2.45) is 0 Å². The van der Waals surface area contributed by atoms with Crippen molar-refractivity contribution >= 4 is 32.7 Å². The molecule has 0 aliphatic rings. The van der Waals surface area contributed by atoms with Gasteiger partial charge in [0.2, 0.25) is 0 Å². The highest BCUT2D eigenvalue weighted by atomic mass is 127. The van der Waals surface area contributed by atoms with Gasteiger partial charge in [0.25, 0.3) is 0 Å². The summed E-state index contributed by atoms with van der Waals surface area (Å²) in [4.78, 5) is 0. The van der Waals surface area contributed by atoms with E-state index in [2.05, 4.69) is 4.74 Å². The van der Waals surface area contributed by atoms with Gasteiger partial charge in [0.05, 0.1) is 3.57 Å². The molecule has 0 fully saturated rings. The first-order valence-corrected chi connectivity index (χ1v) is 6.62. The van der Waals surface area contributed by atoms with Crippen LogP contribution in [0.15, 0.2) is 18.2 Å². The molecule has 0 atom stereocenters. The zero-order valence-electron chi connectivity index (χ0n) is 8.10. The molecule has 0 heterocycles. The predicted octanol–water partition coefficient (Wildman–Crippen LogP) is 1.86. The zero-order valence-corrected chi connectivity index (χ0v) is 11.1. The summed E-state index contributed by atoms with van der Waals surface area (Å²) >= 11 is 1.65. The number of phenolic OH excluding ortho intramolecular Hbond substituents is 1. The van der Waals surface area contributed by atoms with Gasteiger partial charge in [-0.05, 0) is 34.7 Å². The lowest BCUT2D eigenvalue weighted by Crippen LogP contribution is -2.35. The molecule has 0 amide bonds. The van der Waals surface area contributed by atoms with E-state index in [0.717, 1.165) is 0 Å². The Kier molecular flexibility index (Phi) is 4.15. The van der Waals surface area contributed by atoms with Crippen LogP contribution in [0.25, 0.3) is 0 Å². The lowest BCUT2D eigenvalue weighted by atomic mass is 10.3. The Bertz CT molecular complexity index is 517. The molecule has 0 saturated heterocycles. The molecular weight excluding hydrogens is 373 g/mol. The van der Waals surface area contributed by atoms with Crippen molar-refractivity contribution in [1.82, 2.24) is 0 Å². The molecule has 0 unspecified atom stereocenters. The first kappa shape index (κ1) is 14.4. The van der Waals surface area contributed by atoms with Crippen LogP contribution in [0.1, 0.15) is 0 Å². The van der Waals surface area contributed by atoms with Gasteiger partial charge in [0.15, 0.2) is 6.61 Å². The molecule has 0 aliphatic heterocycles. The fourth-order valence-corrected chi connectivity index (χ4v) is 1.57. The van der Waals surface area contributed by atoms with Crippen LogP contribution in [-0.4, -0.2) is 29.9 Å². The third-order valence-corrected chi connectivity index (χ3v) is 3.67. The molecule has 5 nitrogen and oxygen atoms in total. The third kappa shape index (κ3) is 3.39. The maximum atomic E-state index is 12.8. The molecule has 1 aromatic carbocycles. The molecule has 0 radical (unpaired) electrons. The number of benzene rings is 1. The summed E-state index contributed by atoms with van der Waals surface area (Å²) in [7, 11) is -5.52. The Balaban J connectivity index is 2.85. The van der Waals surface area contributed by atoms with Crippen LogP contribution < -0.4 is 4.74 Å². The summed E-state index contributed by atoms with van der Waals surface area (Å²) in [6, 6.07) is 3.94. The van der Waals surface area contributed by atoms with Crippen molar-refractivity contribution in [2.75, 3.05) is 6.61 Å². The number of aromatic hydroxyl groups is 1. The third-order valence-electron chi connectivity index (χ3n) is 1.72. The number of hydrogen-bond donors (Lipinski definition) is 2. The molecule has 1 aromatic rings. The standard InChI is InChI=1S/C8H7F2IO5S/c9-8(10,17(13,14)15)4-16-6-3-1-2-5(12)7(6)11/h1-3,12H,4H2,(H,13,14,15). The Morgan fingerprint density at radius 2 is 2.00 bits per heavy atom. The van der Waals surface area contributed by atoms with Crippen LogP contribution in [0.3, 0.4) is 0 Å². The summed E-state index contributed by atoms with van der Waals surface area (Å²) in [5.41, 5.74) is 0. The molecule has 17 heavy (non-hydrogen) atoms. The van der Waals surface area contributed by atoms with E-state index in [4.69, 9.17) is 4.55 Å². The minimum absolute atomic E-state index is 0.103. The van der Waals surface area contributed by atoms with Crippen LogP contribution in [-0.2, 0) is 10.1 Å². The summed E-state index contributed by atoms with van der Waals surface area (Å²) < 4.78 is 59.2. The average molecular weight is 380 g/mol. The van der Waals surface area contributed by atoms with Gasteiger partial charge in [-0.2, -0.15) is 17.2 Å². The summed E-state index contributed by atoms with van der Waals surface area (Å²) in [6.45, 7) is -1.54. The number of alkyl halides is 2. The van der Waals surface area contributed by atoms with Crippen molar-refractivity contribution in [3.8, 4) is 11.5 Å². The Morgan fingerprint density at radius 3 is 2.53 bits per heavy atom. The highest BCUT2D eigenvalue weighted by Crippen LogP contribution is 2.30. The summed E-state index contributed by atoms with van der Waals surface area (Å²) in [6.07, 6.45) is 0. The smallest absolute Gasteiger partial charge is 0.402 e. The van der Waals surface area contributed by atoms with Gasteiger partial charge < -0.3 is 9.84 Å². The van der Waals surface area contributed by atoms with E-state index in [0.29, 0.717) is 0 Å². The minimum atomic E-state index is -5.52. The van der Waals surface area contributed by atoms with Gasteiger partial charge in [0.1, 0.15) is 11.5 Å². The number of hydrogen-bond acceptors (Lipinski definition) is 4. The number of phenols is 1. The maximum Gasteiger partial charge on any atom is 0.402 e. The predicted molar refractivity (Wildman–Crippen MR) is 62.8 cm³/mol. The van der Waals surface area contributed by atoms with E-state index in [1.807, 2.05) is 0 Å². The summed E-state index contributed by atoms with van der Waals surface area (Å²) in [5.74, 6) is -0.285. The topological polar surface area (TPSA) is 83.8 Å². The number of rotatable bonds is 4. The number of halogens is 3. The van der Waals surface area contributed by atoms with Gasteiger partial charge in [-0.25, -0.2) is 0 Å². The second-order valence-electron chi connectivity index (χ2n) is 2.99. The fraction of sp³-hybridized carbons (Fsp3) is 0.250. The fourth-order valence-electron chi connectivity index (χ4n) is 0.847. The maximum absolute atomic E-state index is 12.8. The van der Waals surface area contributed by atoms with Gasteiger partial charge in [0, 0.05) is 0 Å². The van der Waals surface area contributed by atoms with E-state index in [9.17, 15) is 22.3 Å². The zero-order chi connectivity index (χ0) is 13.3. The van der Waals surface area contributed by atoms with E-state index >= 15 is 0 Å². The molecule has 2 N–H and O–H groups in total. The average Bonchev–Trinajstić information content (AvgIpc) is 2.18. The van der Waals surface area contributed by atoms with Gasteiger partial charge in [-0.15, -0.1) is 0 Å². The van der Waals surface area contributed by atoms with Crippen LogP contribution in [0.5, 0.6) is 11.5 Å². The molecule has 0 saturated carbocycles. The van der Waals surface area contributed by atoms with Crippen molar-refractivity contribution in [3.05, 3.63) is 21.8 Å². The van der Waals surface area contributed by atoms with Crippen LogP contribution >= 0.6 is 22.6 Å². The van der Waals surface area contributed by atoms with E-state index in [1.165, 1.54) is 18.2 Å². The largest absolute Gasteiger partial charge is 0.507 e. The lowest BCUT2D eigenvalue weighted by Gasteiger charge is -2.14. The minimum Gasteiger partial charge on any atom is -0.507 e. The summed E-state index contributed by atoms with van der Waals surface area (Å²) in [5, 5.41) is 4.85. The van der Waals surface area contributed by atoms with Crippen LogP contribution in [0.4, 0.5) is 8.78 Å². The first-order chi connectivity index (χ1) is 7.65.